The number of alkyl halides is 1. The number of nitrogens with one attached hydrogen (secondary N) is 6. The Kier molecular flexibility index (Phi) is 65.7. The Labute approximate surface area is 871 Å². The van der Waals surface area contributed by atoms with Gasteiger partial charge in [0.2, 0.25) is 25.1 Å². The lowest BCUT2D eigenvalue weighted by Gasteiger charge is -2.35. The number of halogens is 2. The second-order valence-corrected chi connectivity index (χ2v) is 36.6. The summed E-state index contributed by atoms with van der Waals surface area (Å²) in [7, 11) is 16.8. The Morgan fingerprint density at radius 3 is 0.858 bits per heavy atom. The SMILES string of the molecule is CC(C)(C)OC(=O)N[C@@H](CCC(=O)O)C(=O)O.CF.CN1CCN(C(=O)[C@H](CCC(=O)O)NC(=O)c2ccc(-n3ccnn3)cc2)CC1.CN1CCNCC1.CO.COC(=O)CC[C@H](N)C(=O)N1CCN(C)CC1.COC(=O)CC[C@H](NC(=O)OC(C)(C)C)C(=O)N1CCN(C)CC1.COC(=O)CC[C@H](NC(=O)OC(C)(C)C)C(=O)O.COC(=O)CC[C@H](NC(=O)c1ccc(-n2ccnn2)cc1)C(=O)N1CCN(C)CC1.[2H]Cl.[2H]O. The summed E-state index contributed by atoms with van der Waals surface area (Å²) in [5, 5.41) is 73.0. The highest BCUT2D eigenvalue weighted by Crippen LogP contribution is 2.19. The number of carbonyl (C=O) groups excluding carboxylic acids is 13. The maximum Gasteiger partial charge on any atom is 0.408 e. The van der Waals surface area contributed by atoms with Crippen LogP contribution in [0.5, 0.6) is 0 Å². The molecule has 148 heavy (non-hydrogen) atoms. The fourth-order valence-corrected chi connectivity index (χ4v) is 13.2. The highest BCUT2D eigenvalue weighted by Gasteiger charge is 2.35. The van der Waals surface area contributed by atoms with Gasteiger partial charge in [0.15, 0.2) is 0 Å². The average molecular weight is 2130 g/mol. The number of nitrogens with two attached hydrogens (primary N) is 1. The number of nitrogens with zero attached hydrogens (tertiary/aromatic N) is 15. The van der Waals surface area contributed by atoms with Gasteiger partial charge in [-0.25, -0.2) is 33.3 Å². The maximum absolute atomic E-state index is 13.0. The molecule has 5 aliphatic rings. The number of amides is 9. The predicted octanol–water partition coefficient (Wildman–Crippen LogP) is 0.805. The average Bonchev–Trinajstić information content (AvgIpc) is 1.23. The number of aliphatic hydroxyl groups is 1. The predicted molar refractivity (Wildman–Crippen MR) is 539 cm³/mol. The Morgan fingerprint density at radius 1 is 0.385 bits per heavy atom. The Balaban J connectivity index is 0. The van der Waals surface area contributed by atoms with Crippen LogP contribution in [-0.4, -0.2) is 470 Å². The first-order valence-corrected chi connectivity index (χ1v) is 47.3. The zero-order valence-electron chi connectivity index (χ0n) is 90.5. The van der Waals surface area contributed by atoms with E-state index in [2.05, 4.69) is 115 Å². The number of piperazine rings is 5. The minimum Gasteiger partial charge on any atom is -0.481 e. The standard InChI is InChI=1S/C20H26N6O4.C19H24N6O4.C16H29N3O5.C11H21N3O3.C11H19NO6.C10H17NO6.C5H12N2.CH3F.CH4O.ClH.H2O/c1-24-11-13-25(14-12-24)20(29)17(7-8-18(27)30-2)22-19(28)15-3-5-16(6-4-15)26-10-9-21-23-26;1-23-10-12-24(13-11-23)19(29)16(6-7-17(26)27)21-18(28)14-2-4-15(5-3-14)25-9-8-20-22-25;1-16(2,3)24-15(22)17-12(6-7-13(20)23-5)14(21)19-10-8-18(4)9-11-19;1-13-5-7-14(8-6-13)11(16)9(12)3-4-10(15)17-2;1-11(2,3)18-10(16)12-7(9(14)15)5-6-8(13)17-4;1-10(2,3)17-9(16)11-6(8(14)15)4-5-7(12)13;1-7-4-2-6-3-5-7;2*1-2;;/h3-6,9-10,17H,7-8,11-14H2,1-2H3,(H,22,28);2-5,8-9,16H,6-7,10-13H2,1H3,(H,21,28)(H,26,27);12H,6-11H2,1-5H3,(H,17,22);9H,3-8,12H2,1-2H3;7H,5-6H2,1-4H3,(H,12,16)(H,14,15);6H,4-5H2,1-3H3,(H,11,16)(H,12,13)(H,14,15);6H,2-5H2,1H3;1H3;2H,1H3;1H;1H2/t17-;16-;12-;9-;7-;6-;;;;;/m000000...../s1/i/hD2. The molecule has 0 aliphatic carbocycles. The second kappa shape index (κ2) is 73.1. The number of aromatic nitrogens is 6. The molecule has 0 unspecified atom stereocenters. The molecule has 4 aromatic rings. The molecule has 9 amide bonds. The van der Waals surface area contributed by atoms with Crippen molar-refractivity contribution in [1.82, 2.24) is 106 Å². The van der Waals surface area contributed by atoms with Crippen molar-refractivity contribution in [2.75, 3.05) is 209 Å². The molecule has 2 aromatic heterocycles. The summed E-state index contributed by atoms with van der Waals surface area (Å²) in [4.78, 5) is 216. The van der Waals surface area contributed by atoms with E-state index in [-0.39, 0.29) is 106 Å². The van der Waals surface area contributed by atoms with Crippen LogP contribution in [0.4, 0.5) is 18.8 Å². The van der Waals surface area contributed by atoms with Crippen molar-refractivity contribution < 1.29 is 151 Å². The van der Waals surface area contributed by atoms with E-state index in [1.165, 1.54) is 41.5 Å². The van der Waals surface area contributed by atoms with Crippen LogP contribution >= 0.6 is 12.3 Å². The van der Waals surface area contributed by atoms with Gasteiger partial charge in [-0.05, 0) is 185 Å². The van der Waals surface area contributed by atoms with E-state index in [1.54, 1.807) is 165 Å². The highest BCUT2D eigenvalue weighted by molar-refractivity contribution is 5.99. The number of benzene rings is 2. The van der Waals surface area contributed by atoms with E-state index in [0.29, 0.717) is 77.1 Å². The van der Waals surface area contributed by atoms with Crippen LogP contribution in [0.2, 0.25) is 0 Å². The van der Waals surface area contributed by atoms with Crippen molar-refractivity contribution in [3.63, 3.8) is 0 Å². The molecule has 5 aliphatic heterocycles. The molecule has 52 nitrogen and oxygen atoms in total. The minimum absolute atomic E-state index is 0.0449. The summed E-state index contributed by atoms with van der Waals surface area (Å²) < 4.78 is 55.8. The number of esters is 4. The molecule has 5 fully saturated rings. The highest BCUT2D eigenvalue weighted by atomic mass is 35.5. The molecule has 0 spiro atoms. The van der Waals surface area contributed by atoms with E-state index in [9.17, 15) is 85.9 Å². The van der Waals surface area contributed by atoms with Gasteiger partial charge < -0.3 is 146 Å². The van der Waals surface area contributed by atoms with Crippen LogP contribution in [0.15, 0.2) is 73.3 Å². The number of rotatable bonds is 33. The first kappa shape index (κ1) is 133. The van der Waals surface area contributed by atoms with Crippen LogP contribution < -0.4 is 37.6 Å². The van der Waals surface area contributed by atoms with Crippen molar-refractivity contribution >= 4 is 114 Å². The minimum atomic E-state index is -1.29. The van der Waals surface area contributed by atoms with Crippen LogP contribution in [-0.2, 0) is 90.7 Å². The Morgan fingerprint density at radius 2 is 0.622 bits per heavy atom. The van der Waals surface area contributed by atoms with Crippen molar-refractivity contribution in [2.45, 2.75) is 192 Å². The number of methoxy groups -OCH3 is 4. The van der Waals surface area contributed by atoms with Gasteiger partial charge in [0.1, 0.15) is 48.2 Å². The number of aliphatic carboxylic acids is 4. The van der Waals surface area contributed by atoms with Crippen LogP contribution in [0.25, 0.3) is 11.4 Å². The van der Waals surface area contributed by atoms with Crippen molar-refractivity contribution in [1.29, 1.82) is 1.17 Å². The maximum atomic E-state index is 13.0. The van der Waals surface area contributed by atoms with Crippen molar-refractivity contribution in [2.24, 2.45) is 5.73 Å². The molecule has 0 bridgehead atoms. The summed E-state index contributed by atoms with van der Waals surface area (Å²) >= 11 is 3.89. The second-order valence-electron chi connectivity index (χ2n) is 36.6. The number of carbonyl (C=O) groups is 17. The third-order valence-electron chi connectivity index (χ3n) is 21.5. The van der Waals surface area contributed by atoms with E-state index < -0.39 is 119 Å². The molecule has 838 valence electrons. The quantitative estimate of drug-likeness (QED) is 0.0232. The fraction of sp³-hybridized carbons (Fsp3) is 0.649. The number of hydrogen-bond acceptors (Lipinski definition) is 36. The molecule has 0 radical (unpaired) electrons. The van der Waals surface area contributed by atoms with Crippen LogP contribution in [0.1, 0.15) is 162 Å². The van der Waals surface area contributed by atoms with E-state index in [1.807, 2.05) is 28.2 Å². The number of aliphatic hydroxyl groups excluding tert-OH is 1. The summed E-state index contributed by atoms with van der Waals surface area (Å²) in [5.74, 6) is -7.85. The third kappa shape index (κ3) is 59.1. The molecular formula is C94H158ClFN22O30. The fourth-order valence-electron chi connectivity index (χ4n) is 13.2. The molecule has 7 heterocycles. The smallest absolute Gasteiger partial charge is 0.408 e. The summed E-state index contributed by atoms with van der Waals surface area (Å²) in [6.07, 6.45) is 4.29. The van der Waals surface area contributed by atoms with Crippen molar-refractivity contribution in [3.8, 4) is 11.4 Å². The van der Waals surface area contributed by atoms with Gasteiger partial charge in [0, 0.05) is 188 Å². The first-order chi connectivity index (χ1) is 70.7. The van der Waals surface area contributed by atoms with E-state index in [0.717, 1.165) is 83.9 Å². The summed E-state index contributed by atoms with van der Waals surface area (Å²) in [6.45, 7) is 31.1. The monoisotopic (exact) mass is 2130 g/mol. The van der Waals surface area contributed by atoms with Gasteiger partial charge in [-0.1, -0.05) is 10.4 Å². The lowest BCUT2D eigenvalue weighted by Crippen LogP contribution is -2.54. The third-order valence-corrected chi connectivity index (χ3v) is 21.5. The molecule has 5 saturated heterocycles. The van der Waals surface area contributed by atoms with Crippen LogP contribution in [0, 0.1) is 0 Å². The van der Waals surface area contributed by atoms with Gasteiger partial charge in [0.05, 0.1) is 77.8 Å². The number of carboxylic acid groups (broad SMARTS) is 4. The van der Waals surface area contributed by atoms with E-state index in [4.69, 9.17) is 53.6 Å². The Bertz CT molecular complexity index is 4630. The molecule has 54 heteroatoms. The van der Waals surface area contributed by atoms with Gasteiger partial charge in [-0.3, -0.25) is 61.9 Å². The number of ether oxygens (including phenoxy) is 7. The molecular weight excluding hydrogens is 1970 g/mol. The molecule has 0 saturated carbocycles. The van der Waals surface area contributed by atoms with Gasteiger partial charge in [-0.15, -0.1) is 22.5 Å². The Hall–Kier alpha value is -13.0. The largest absolute Gasteiger partial charge is 0.481 e. The summed E-state index contributed by atoms with van der Waals surface area (Å²) in [5.41, 5.74) is 12.2. The topological polar surface area (TPSA) is 676 Å². The summed E-state index contributed by atoms with van der Waals surface area (Å²) in [6, 6.07) is 7.98. The lowest BCUT2D eigenvalue weighted by molar-refractivity contribution is -0.143. The number of likely N-dealkylation sites (N-methyl/N-ethyl adjacent to an activating group) is 5. The van der Waals surface area contributed by atoms with Gasteiger partial charge in [-0.2, -0.15) is 0 Å². The number of hydrogen-bond donors (Lipinski definition) is 12. The van der Waals surface area contributed by atoms with Crippen LogP contribution in [0.3, 0.4) is 0 Å². The molecule has 2 aromatic carbocycles. The molecule has 9 rings (SSSR count). The van der Waals surface area contributed by atoms with E-state index >= 15 is 0 Å². The lowest BCUT2D eigenvalue weighted by atomic mass is 10.1. The zero-order valence-corrected chi connectivity index (χ0v) is 89.3. The molecule has 15 N–H and O–H groups in total. The molecule has 6 atom stereocenters. The first-order valence-electron chi connectivity index (χ1n) is 48.1. The normalized spacial score (nSPS) is 15.5. The zero-order chi connectivity index (χ0) is 115. The number of alkyl carbamates (subject to hydrolysis) is 3. The number of carboxylic acids is 4. The van der Waals surface area contributed by atoms with Gasteiger partial charge >= 0.3 is 66.0 Å². The van der Waals surface area contributed by atoms with Crippen molar-refractivity contribution in [3.05, 3.63) is 84.4 Å². The van der Waals surface area contributed by atoms with Gasteiger partial charge in [0.25, 0.3) is 11.8 Å².